The Kier molecular flexibility index (Phi) is 5.00. The second-order valence-corrected chi connectivity index (χ2v) is 6.39. The quantitative estimate of drug-likeness (QED) is 0.688. The Morgan fingerprint density at radius 2 is 2.04 bits per heavy atom. The van der Waals surface area contributed by atoms with E-state index in [-0.39, 0.29) is 5.25 Å². The van der Waals surface area contributed by atoms with E-state index in [2.05, 4.69) is 27.1 Å². The van der Waals surface area contributed by atoms with Crippen molar-refractivity contribution in [3.8, 4) is 22.9 Å². The van der Waals surface area contributed by atoms with Crippen LogP contribution in [0.2, 0.25) is 0 Å². The van der Waals surface area contributed by atoms with Crippen molar-refractivity contribution in [3.63, 3.8) is 0 Å². The Morgan fingerprint density at radius 3 is 2.75 bits per heavy atom. The Labute approximate surface area is 144 Å². The lowest BCUT2D eigenvalue weighted by Gasteiger charge is -2.08. The third-order valence-electron chi connectivity index (χ3n) is 3.56. The highest BCUT2D eigenvalue weighted by atomic mass is 32.2. The minimum Gasteiger partial charge on any atom is -0.497 e. The topological polar surface area (TPSA) is 72.9 Å². The zero-order valence-corrected chi connectivity index (χ0v) is 14.5. The molecule has 3 rings (SSSR count). The molecule has 0 aliphatic heterocycles. The highest BCUT2D eigenvalue weighted by Gasteiger charge is 2.15. The van der Waals surface area contributed by atoms with Crippen LogP contribution >= 0.6 is 11.8 Å². The predicted molar refractivity (Wildman–Crippen MR) is 93.4 cm³/mol. The SMILES string of the molecule is COc1ccc(-c2nc(S[C@@H](C)c3cccnc3)n[nH]2)c(OC)c1. The maximum atomic E-state index is 5.42. The highest BCUT2D eigenvalue weighted by molar-refractivity contribution is 7.99. The van der Waals surface area contributed by atoms with Crippen LogP contribution < -0.4 is 9.47 Å². The molecule has 0 bridgehead atoms. The fourth-order valence-electron chi connectivity index (χ4n) is 2.26. The van der Waals surface area contributed by atoms with Gasteiger partial charge >= 0.3 is 0 Å². The van der Waals surface area contributed by atoms with Crippen LogP contribution in [0.1, 0.15) is 17.7 Å². The van der Waals surface area contributed by atoms with Crippen LogP contribution in [0.15, 0.2) is 47.9 Å². The van der Waals surface area contributed by atoms with Gasteiger partial charge in [0.25, 0.3) is 0 Å². The van der Waals surface area contributed by atoms with Crippen LogP contribution in [0, 0.1) is 0 Å². The largest absolute Gasteiger partial charge is 0.497 e. The normalized spacial score (nSPS) is 12.0. The predicted octanol–water partition coefficient (Wildman–Crippen LogP) is 3.74. The number of aromatic nitrogens is 4. The number of aromatic amines is 1. The van der Waals surface area contributed by atoms with Gasteiger partial charge < -0.3 is 9.47 Å². The van der Waals surface area contributed by atoms with Crippen molar-refractivity contribution in [2.75, 3.05) is 14.2 Å². The number of benzene rings is 1. The molecular formula is C17H18N4O2S. The van der Waals surface area contributed by atoms with Gasteiger partial charge in [-0.25, -0.2) is 4.98 Å². The van der Waals surface area contributed by atoms with Gasteiger partial charge in [-0.1, -0.05) is 17.8 Å². The van der Waals surface area contributed by atoms with E-state index >= 15 is 0 Å². The fraction of sp³-hybridized carbons (Fsp3) is 0.235. The van der Waals surface area contributed by atoms with E-state index in [0.717, 1.165) is 16.9 Å². The van der Waals surface area contributed by atoms with Crippen molar-refractivity contribution >= 4 is 11.8 Å². The molecule has 0 amide bonds. The second-order valence-electron chi connectivity index (χ2n) is 5.08. The van der Waals surface area contributed by atoms with Gasteiger partial charge in [-0.15, -0.1) is 5.10 Å². The zero-order chi connectivity index (χ0) is 16.9. The van der Waals surface area contributed by atoms with Gasteiger partial charge in [-0.05, 0) is 30.7 Å². The third-order valence-corrected chi connectivity index (χ3v) is 4.58. The third kappa shape index (κ3) is 3.51. The number of nitrogens with zero attached hydrogens (tertiary/aromatic N) is 3. The van der Waals surface area contributed by atoms with Crippen LogP contribution in [-0.2, 0) is 0 Å². The molecule has 3 aromatic rings. The first-order chi connectivity index (χ1) is 11.7. The van der Waals surface area contributed by atoms with Crippen LogP contribution in [0.5, 0.6) is 11.5 Å². The molecule has 1 aromatic carbocycles. The van der Waals surface area contributed by atoms with Crippen molar-refractivity contribution in [2.45, 2.75) is 17.3 Å². The number of nitrogens with one attached hydrogen (secondary N) is 1. The van der Waals surface area contributed by atoms with E-state index in [1.807, 2.05) is 36.5 Å². The molecule has 124 valence electrons. The molecular weight excluding hydrogens is 324 g/mol. The van der Waals surface area contributed by atoms with Crippen LogP contribution in [-0.4, -0.2) is 34.4 Å². The molecule has 7 heteroatoms. The summed E-state index contributed by atoms with van der Waals surface area (Å²) in [5, 5.41) is 8.16. The Balaban J connectivity index is 1.81. The second kappa shape index (κ2) is 7.35. The molecule has 1 N–H and O–H groups in total. The van der Waals surface area contributed by atoms with Crippen LogP contribution in [0.25, 0.3) is 11.4 Å². The number of hydrogen-bond acceptors (Lipinski definition) is 6. The summed E-state index contributed by atoms with van der Waals surface area (Å²) in [6.07, 6.45) is 3.62. The summed E-state index contributed by atoms with van der Waals surface area (Å²) in [6.45, 7) is 2.10. The molecule has 0 radical (unpaired) electrons. The van der Waals surface area contributed by atoms with E-state index in [1.54, 1.807) is 32.2 Å². The number of hydrogen-bond donors (Lipinski definition) is 1. The Hall–Kier alpha value is -2.54. The Bertz CT molecular complexity index is 807. The summed E-state index contributed by atoms with van der Waals surface area (Å²) >= 11 is 1.57. The summed E-state index contributed by atoms with van der Waals surface area (Å²) in [7, 11) is 3.24. The van der Waals surface area contributed by atoms with E-state index < -0.39 is 0 Å². The molecule has 2 aromatic heterocycles. The lowest BCUT2D eigenvalue weighted by molar-refractivity contribution is 0.395. The van der Waals surface area contributed by atoms with E-state index in [4.69, 9.17) is 9.47 Å². The van der Waals surface area contributed by atoms with Gasteiger partial charge in [-0.3, -0.25) is 10.1 Å². The first-order valence-electron chi connectivity index (χ1n) is 7.42. The number of rotatable bonds is 6. The van der Waals surface area contributed by atoms with Crippen LogP contribution in [0.4, 0.5) is 0 Å². The first kappa shape index (κ1) is 16.3. The molecule has 0 unspecified atom stereocenters. The highest BCUT2D eigenvalue weighted by Crippen LogP contribution is 2.35. The molecule has 0 aliphatic carbocycles. The lowest BCUT2D eigenvalue weighted by Crippen LogP contribution is -1.92. The standard InChI is InChI=1S/C17H18N4O2S/c1-11(12-5-4-8-18-10-12)24-17-19-16(20-21-17)14-7-6-13(22-2)9-15(14)23-3/h4-11H,1-3H3,(H,19,20,21)/t11-/m0/s1. The minimum atomic E-state index is 0.208. The summed E-state index contributed by atoms with van der Waals surface area (Å²) in [4.78, 5) is 8.71. The van der Waals surface area contributed by atoms with E-state index in [0.29, 0.717) is 16.7 Å². The average molecular weight is 342 g/mol. The maximum absolute atomic E-state index is 5.42. The molecule has 0 saturated heterocycles. The van der Waals surface area contributed by atoms with Gasteiger partial charge in [0.1, 0.15) is 11.5 Å². The summed E-state index contributed by atoms with van der Waals surface area (Å²) < 4.78 is 10.6. The van der Waals surface area contributed by atoms with Gasteiger partial charge in [-0.2, -0.15) is 0 Å². The van der Waals surface area contributed by atoms with Crippen LogP contribution in [0.3, 0.4) is 0 Å². The molecule has 0 aliphatic rings. The maximum Gasteiger partial charge on any atom is 0.209 e. The molecule has 1 atom stereocenters. The molecule has 0 saturated carbocycles. The van der Waals surface area contributed by atoms with Gasteiger partial charge in [0, 0.05) is 23.7 Å². The molecule has 0 fully saturated rings. The molecule has 2 heterocycles. The minimum absolute atomic E-state index is 0.208. The van der Waals surface area contributed by atoms with Crippen molar-refractivity contribution in [3.05, 3.63) is 48.3 Å². The van der Waals surface area contributed by atoms with E-state index in [1.165, 1.54) is 0 Å². The average Bonchev–Trinajstić information content (AvgIpc) is 3.10. The van der Waals surface area contributed by atoms with Gasteiger partial charge in [0.2, 0.25) is 5.16 Å². The summed E-state index contributed by atoms with van der Waals surface area (Å²) in [6, 6.07) is 9.56. The fourth-order valence-corrected chi connectivity index (χ4v) is 3.09. The summed E-state index contributed by atoms with van der Waals surface area (Å²) in [5.74, 6) is 2.08. The van der Waals surface area contributed by atoms with Crippen molar-refractivity contribution in [2.24, 2.45) is 0 Å². The number of methoxy groups -OCH3 is 2. The molecule has 0 spiro atoms. The lowest BCUT2D eigenvalue weighted by atomic mass is 10.2. The zero-order valence-electron chi connectivity index (χ0n) is 13.7. The van der Waals surface area contributed by atoms with Crippen molar-refractivity contribution in [1.82, 2.24) is 20.2 Å². The number of ether oxygens (including phenoxy) is 2. The van der Waals surface area contributed by atoms with Gasteiger partial charge in [0.15, 0.2) is 5.82 Å². The van der Waals surface area contributed by atoms with E-state index in [9.17, 15) is 0 Å². The summed E-state index contributed by atoms with van der Waals surface area (Å²) in [5.41, 5.74) is 1.97. The smallest absolute Gasteiger partial charge is 0.209 e. The monoisotopic (exact) mass is 342 g/mol. The first-order valence-corrected chi connectivity index (χ1v) is 8.30. The molecule has 24 heavy (non-hydrogen) atoms. The Morgan fingerprint density at radius 1 is 1.17 bits per heavy atom. The number of H-pyrrole nitrogens is 1. The van der Waals surface area contributed by atoms with Gasteiger partial charge in [0.05, 0.1) is 19.8 Å². The number of thioether (sulfide) groups is 1. The molecule has 6 nitrogen and oxygen atoms in total. The van der Waals surface area contributed by atoms with Crippen molar-refractivity contribution in [1.29, 1.82) is 0 Å². The van der Waals surface area contributed by atoms with Crippen molar-refractivity contribution < 1.29 is 9.47 Å². The number of pyridine rings is 1.